The van der Waals surface area contributed by atoms with Crippen molar-refractivity contribution >= 4 is 5.91 Å². The molecule has 0 unspecified atom stereocenters. The smallest absolute Gasteiger partial charge is 0.223 e. The normalized spacial score (nSPS) is 21.1. The molecule has 0 aromatic carbocycles. The van der Waals surface area contributed by atoms with E-state index in [9.17, 15) is 4.79 Å². The molecule has 2 aromatic rings. The van der Waals surface area contributed by atoms with Crippen LogP contribution in [0.1, 0.15) is 44.9 Å². The molecular weight excluding hydrogens is 316 g/mol. The molecule has 1 saturated carbocycles. The minimum Gasteiger partial charge on any atom is -0.338 e. The van der Waals surface area contributed by atoms with Gasteiger partial charge in [0, 0.05) is 30.9 Å². The van der Waals surface area contributed by atoms with Gasteiger partial charge in [-0.25, -0.2) is 0 Å². The lowest BCUT2D eigenvalue weighted by molar-refractivity contribution is -0.133. The van der Waals surface area contributed by atoms with Gasteiger partial charge in [0.2, 0.25) is 11.7 Å². The minimum absolute atomic E-state index is 0.185. The highest BCUT2D eigenvalue weighted by Gasteiger charge is 2.31. The Bertz CT molecular complexity index is 709. The molecule has 7 heteroatoms. The molecule has 1 atom stereocenters. The quantitative estimate of drug-likeness (QED) is 0.835. The summed E-state index contributed by atoms with van der Waals surface area (Å²) in [6, 6.07) is 3.96. The van der Waals surface area contributed by atoms with E-state index < -0.39 is 0 Å². The van der Waals surface area contributed by atoms with E-state index in [1.807, 2.05) is 17.0 Å². The third-order valence-corrected chi connectivity index (χ3v) is 5.38. The largest absolute Gasteiger partial charge is 0.338 e. The van der Waals surface area contributed by atoms with Crippen LogP contribution in [0.25, 0.3) is 11.4 Å². The van der Waals surface area contributed by atoms with Crippen LogP contribution < -0.4 is 0 Å². The number of carbonyl (C=O) groups is 1. The number of carbonyl (C=O) groups excluding carboxylic acids is 1. The lowest BCUT2D eigenvalue weighted by Gasteiger charge is -2.25. The Morgan fingerprint density at radius 3 is 2.88 bits per heavy atom. The number of amides is 1. The van der Waals surface area contributed by atoms with Gasteiger partial charge in [0.15, 0.2) is 0 Å². The van der Waals surface area contributed by atoms with Crippen molar-refractivity contribution in [3.8, 4) is 11.4 Å². The third-order valence-electron chi connectivity index (χ3n) is 5.38. The van der Waals surface area contributed by atoms with E-state index in [4.69, 9.17) is 0 Å². The van der Waals surface area contributed by atoms with E-state index in [0.717, 1.165) is 24.9 Å². The van der Waals surface area contributed by atoms with Crippen LogP contribution in [-0.2, 0) is 11.3 Å². The van der Waals surface area contributed by atoms with Gasteiger partial charge in [-0.1, -0.05) is 12.8 Å². The number of hydrogen-bond acceptors (Lipinski definition) is 5. The lowest BCUT2D eigenvalue weighted by atomic mass is 10.0. The van der Waals surface area contributed by atoms with Crippen molar-refractivity contribution in [2.45, 2.75) is 57.5 Å². The summed E-state index contributed by atoms with van der Waals surface area (Å²) in [5, 5.41) is 12.7. The Balaban J connectivity index is 1.39. The van der Waals surface area contributed by atoms with Gasteiger partial charge in [-0.2, -0.15) is 4.80 Å². The first-order chi connectivity index (χ1) is 12.3. The van der Waals surface area contributed by atoms with Crippen LogP contribution in [0.3, 0.4) is 0 Å². The van der Waals surface area contributed by atoms with Gasteiger partial charge in [0.05, 0.1) is 12.6 Å². The van der Waals surface area contributed by atoms with Gasteiger partial charge in [0.25, 0.3) is 0 Å². The molecule has 0 bridgehead atoms. The molecule has 1 aliphatic carbocycles. The second-order valence-electron chi connectivity index (χ2n) is 7.15. The zero-order valence-electron chi connectivity index (χ0n) is 14.4. The Kier molecular flexibility index (Phi) is 4.72. The summed E-state index contributed by atoms with van der Waals surface area (Å²) in [5.74, 6) is 1.48. The van der Waals surface area contributed by atoms with Crippen molar-refractivity contribution in [1.82, 2.24) is 30.1 Å². The molecule has 7 nitrogen and oxygen atoms in total. The lowest BCUT2D eigenvalue weighted by Crippen LogP contribution is -2.39. The number of hydrogen-bond donors (Lipinski definition) is 0. The van der Waals surface area contributed by atoms with Crippen molar-refractivity contribution in [3.63, 3.8) is 0 Å². The van der Waals surface area contributed by atoms with E-state index in [1.54, 1.807) is 17.2 Å². The molecule has 25 heavy (non-hydrogen) atoms. The molecule has 1 amide bonds. The summed E-state index contributed by atoms with van der Waals surface area (Å²) >= 11 is 0. The van der Waals surface area contributed by atoms with Gasteiger partial charge in [-0.05, 0) is 48.9 Å². The molecule has 1 aliphatic heterocycles. The van der Waals surface area contributed by atoms with Crippen LogP contribution >= 0.6 is 0 Å². The van der Waals surface area contributed by atoms with E-state index in [2.05, 4.69) is 20.4 Å². The molecular formula is C18H24N6O. The Morgan fingerprint density at radius 1 is 1.20 bits per heavy atom. The first kappa shape index (κ1) is 16.2. The first-order valence-corrected chi connectivity index (χ1v) is 9.27. The van der Waals surface area contributed by atoms with Crippen LogP contribution in [0.4, 0.5) is 0 Å². The molecule has 2 fully saturated rings. The van der Waals surface area contributed by atoms with Crippen LogP contribution in [0.15, 0.2) is 24.5 Å². The van der Waals surface area contributed by atoms with Gasteiger partial charge in [0.1, 0.15) is 0 Å². The molecule has 3 heterocycles. The summed E-state index contributed by atoms with van der Waals surface area (Å²) < 4.78 is 0. The summed E-state index contributed by atoms with van der Waals surface area (Å²) in [7, 11) is 0. The van der Waals surface area contributed by atoms with Gasteiger partial charge >= 0.3 is 0 Å². The molecule has 0 spiro atoms. The molecule has 0 radical (unpaired) electrons. The zero-order chi connectivity index (χ0) is 17.1. The maximum Gasteiger partial charge on any atom is 0.223 e. The number of tetrazole rings is 1. The predicted octanol–water partition coefficient (Wildman–Crippen LogP) is 2.31. The summed E-state index contributed by atoms with van der Waals surface area (Å²) in [6.45, 7) is 1.48. The Morgan fingerprint density at radius 2 is 2.08 bits per heavy atom. The van der Waals surface area contributed by atoms with E-state index in [1.165, 1.54) is 25.7 Å². The number of aromatic nitrogens is 5. The van der Waals surface area contributed by atoms with Crippen molar-refractivity contribution < 1.29 is 4.79 Å². The molecule has 132 valence electrons. The van der Waals surface area contributed by atoms with Gasteiger partial charge < -0.3 is 4.90 Å². The zero-order valence-corrected chi connectivity index (χ0v) is 14.4. The SMILES string of the molecule is O=C(CC1CCCC1)N1CCC[C@@H]1Cn1nnc(-c2cccnc2)n1. The van der Waals surface area contributed by atoms with E-state index in [0.29, 0.717) is 30.6 Å². The van der Waals surface area contributed by atoms with Gasteiger partial charge in [-0.3, -0.25) is 9.78 Å². The summed E-state index contributed by atoms with van der Waals surface area (Å²) in [6.07, 6.45) is 11.2. The Labute approximate surface area is 147 Å². The molecule has 2 aliphatic rings. The topological polar surface area (TPSA) is 76.8 Å². The van der Waals surface area contributed by atoms with Gasteiger partial charge in [-0.15, -0.1) is 10.2 Å². The molecule has 0 N–H and O–H groups in total. The number of nitrogens with zero attached hydrogens (tertiary/aromatic N) is 6. The second kappa shape index (κ2) is 7.29. The summed E-state index contributed by atoms with van der Waals surface area (Å²) in [4.78, 5) is 20.4. The predicted molar refractivity (Wildman–Crippen MR) is 92.4 cm³/mol. The minimum atomic E-state index is 0.185. The molecule has 4 rings (SSSR count). The molecule has 1 saturated heterocycles. The Hall–Kier alpha value is -2.31. The average Bonchev–Trinajstić information content (AvgIpc) is 3.38. The van der Waals surface area contributed by atoms with Crippen molar-refractivity contribution in [2.24, 2.45) is 5.92 Å². The van der Waals surface area contributed by atoms with E-state index >= 15 is 0 Å². The highest BCUT2D eigenvalue weighted by molar-refractivity contribution is 5.77. The van der Waals surface area contributed by atoms with E-state index in [-0.39, 0.29) is 6.04 Å². The van der Waals surface area contributed by atoms with Crippen LogP contribution in [0.5, 0.6) is 0 Å². The monoisotopic (exact) mass is 340 g/mol. The fourth-order valence-electron chi connectivity index (χ4n) is 4.05. The van der Waals surface area contributed by atoms with Crippen molar-refractivity contribution in [3.05, 3.63) is 24.5 Å². The number of rotatable bonds is 5. The second-order valence-corrected chi connectivity index (χ2v) is 7.15. The number of likely N-dealkylation sites (tertiary alicyclic amines) is 1. The van der Waals surface area contributed by atoms with Crippen molar-refractivity contribution in [1.29, 1.82) is 0 Å². The summed E-state index contributed by atoms with van der Waals surface area (Å²) in [5.41, 5.74) is 0.856. The van der Waals surface area contributed by atoms with Crippen LogP contribution in [0.2, 0.25) is 0 Å². The highest BCUT2D eigenvalue weighted by Crippen LogP contribution is 2.29. The first-order valence-electron chi connectivity index (χ1n) is 9.27. The maximum atomic E-state index is 12.7. The average molecular weight is 340 g/mol. The third kappa shape index (κ3) is 3.70. The maximum absolute atomic E-state index is 12.7. The fraction of sp³-hybridized carbons (Fsp3) is 0.611. The molecule has 2 aromatic heterocycles. The van der Waals surface area contributed by atoms with Crippen molar-refractivity contribution in [2.75, 3.05) is 6.54 Å². The fourth-order valence-corrected chi connectivity index (χ4v) is 4.05. The highest BCUT2D eigenvalue weighted by atomic mass is 16.2. The van der Waals surface area contributed by atoms with Crippen LogP contribution in [-0.4, -0.2) is 48.6 Å². The van der Waals surface area contributed by atoms with Crippen LogP contribution in [0, 0.1) is 5.92 Å². The standard InChI is InChI=1S/C18H24N6O/c25-17(11-14-5-1-2-6-14)23-10-4-8-16(23)13-24-21-18(20-22-24)15-7-3-9-19-12-15/h3,7,9,12,14,16H,1-2,4-6,8,10-11,13H2/t16-/m1/s1. The number of pyridine rings is 1.